The summed E-state index contributed by atoms with van der Waals surface area (Å²) in [5.74, 6) is -0.280. The minimum atomic E-state index is -1.19. The van der Waals surface area contributed by atoms with Gasteiger partial charge in [0.25, 0.3) is 0 Å². The van der Waals surface area contributed by atoms with Crippen molar-refractivity contribution in [2.75, 3.05) is 48.9 Å². The van der Waals surface area contributed by atoms with Gasteiger partial charge in [0, 0.05) is 55.6 Å². The van der Waals surface area contributed by atoms with Crippen LogP contribution in [0.1, 0.15) is 77.0 Å². The molecule has 16 nitrogen and oxygen atoms in total. The van der Waals surface area contributed by atoms with E-state index in [1.807, 2.05) is 69.6 Å². The standard InChI is InChI=1S/C57H63FN8O8S/c1-35-50(75-34-61-35)37-10-8-36(9-11-37)33-60-52(68)45-7-6-27-66(45)53(69)51(56(2,3)4)64-49(67)23-30-73-41-21-28-65(29-22-41)46-32-44-43(31-48(46)72-5)47(20-26-59-44)74-42-18-16-40(17-19-42)63-55(71)57(24-25-57)54(70)62-39-14-12-38(58)13-15-39/h8-20,26,31-32,34,41,45,51H,6-7,21-25,27-30,33H2,1-5H3,(H,60,68)(H,62,70)(H,63,71)(H,64,67)/t45-,51+/m0/s1. The van der Waals surface area contributed by atoms with Crippen LogP contribution in [0.2, 0.25) is 0 Å². The van der Waals surface area contributed by atoms with Crippen molar-refractivity contribution in [3.05, 3.63) is 120 Å². The Bertz CT molecular complexity index is 3040. The lowest BCUT2D eigenvalue weighted by Gasteiger charge is -2.35. The molecule has 9 rings (SSSR count). The number of hydrogen-bond donors (Lipinski definition) is 4. The molecule has 0 bridgehead atoms. The summed E-state index contributed by atoms with van der Waals surface area (Å²) in [5, 5.41) is 12.3. The maximum absolute atomic E-state index is 14.1. The van der Waals surface area contributed by atoms with Crippen molar-refractivity contribution in [1.82, 2.24) is 25.5 Å². The lowest BCUT2D eigenvalue weighted by atomic mass is 9.85. The number of rotatable bonds is 18. The van der Waals surface area contributed by atoms with Crippen molar-refractivity contribution >= 4 is 68.8 Å². The fourth-order valence-corrected chi connectivity index (χ4v) is 10.5. The molecule has 5 amide bonds. The van der Waals surface area contributed by atoms with E-state index in [0.717, 1.165) is 45.6 Å². The maximum Gasteiger partial charge on any atom is 0.246 e. The highest BCUT2D eigenvalue weighted by atomic mass is 32.1. The minimum absolute atomic E-state index is 0.0650. The molecule has 0 unspecified atom stereocenters. The van der Waals surface area contributed by atoms with E-state index in [1.165, 1.54) is 24.3 Å². The molecule has 2 atom stereocenters. The highest BCUT2D eigenvalue weighted by molar-refractivity contribution is 7.13. The molecule has 3 aliphatic rings. The molecule has 2 saturated heterocycles. The molecule has 2 aliphatic heterocycles. The number of hydrogen-bond acceptors (Lipinski definition) is 12. The molecule has 392 valence electrons. The summed E-state index contributed by atoms with van der Waals surface area (Å²) < 4.78 is 31.8. The van der Waals surface area contributed by atoms with Crippen molar-refractivity contribution in [1.29, 1.82) is 0 Å². The highest BCUT2D eigenvalue weighted by Gasteiger charge is 2.56. The van der Waals surface area contributed by atoms with Gasteiger partial charge in [0.15, 0.2) is 0 Å². The molecular formula is C57H63FN8O8S. The molecule has 18 heteroatoms. The molecule has 6 aromatic rings. The first-order valence-corrected chi connectivity index (χ1v) is 26.3. The number of amides is 5. The van der Waals surface area contributed by atoms with E-state index in [4.69, 9.17) is 14.2 Å². The van der Waals surface area contributed by atoms with Crippen LogP contribution in [0, 0.1) is 23.6 Å². The summed E-state index contributed by atoms with van der Waals surface area (Å²) >= 11 is 1.59. The first kappa shape index (κ1) is 52.4. The SMILES string of the molecule is COc1cc2c(Oc3ccc(NC(=O)C4(C(=O)Nc5ccc(F)cc5)CC4)cc3)ccnc2cc1N1CCC(OCCC(=O)N[C@H](C(=O)N2CCC[C@H]2C(=O)NCc2ccc(-c3scnc3C)cc2)C(C)(C)C)CC1. The van der Waals surface area contributed by atoms with Crippen LogP contribution < -0.4 is 35.6 Å². The van der Waals surface area contributed by atoms with Crippen LogP contribution in [-0.4, -0.2) is 95.9 Å². The van der Waals surface area contributed by atoms with Crippen LogP contribution in [-0.2, 0) is 35.3 Å². The number of benzene rings is 4. The third kappa shape index (κ3) is 12.2. The van der Waals surface area contributed by atoms with E-state index < -0.39 is 40.5 Å². The number of nitrogens with zero attached hydrogens (tertiary/aromatic N) is 4. The number of carbonyl (C=O) groups is 5. The van der Waals surface area contributed by atoms with Gasteiger partial charge in [0.05, 0.1) is 47.1 Å². The first-order chi connectivity index (χ1) is 36.1. The molecule has 1 aliphatic carbocycles. The summed E-state index contributed by atoms with van der Waals surface area (Å²) in [7, 11) is 1.62. The zero-order valence-electron chi connectivity index (χ0n) is 42.9. The Hall–Kier alpha value is -7.44. The normalized spacial score (nSPS) is 16.7. The summed E-state index contributed by atoms with van der Waals surface area (Å²) in [5.41, 5.74) is 5.57. The largest absolute Gasteiger partial charge is 0.495 e. The van der Waals surface area contributed by atoms with Crippen LogP contribution in [0.5, 0.6) is 17.2 Å². The predicted octanol–water partition coefficient (Wildman–Crippen LogP) is 9.18. The molecule has 4 N–H and O–H groups in total. The van der Waals surface area contributed by atoms with Crippen LogP contribution in [0.3, 0.4) is 0 Å². The van der Waals surface area contributed by atoms with E-state index in [9.17, 15) is 28.4 Å². The number of halogens is 1. The molecule has 75 heavy (non-hydrogen) atoms. The van der Waals surface area contributed by atoms with Crippen molar-refractivity contribution in [3.8, 4) is 27.7 Å². The van der Waals surface area contributed by atoms with Crippen LogP contribution >= 0.6 is 11.3 Å². The Balaban J connectivity index is 0.734. The highest BCUT2D eigenvalue weighted by Crippen LogP contribution is 2.48. The van der Waals surface area contributed by atoms with Crippen molar-refractivity contribution in [3.63, 3.8) is 0 Å². The van der Waals surface area contributed by atoms with Gasteiger partial charge in [-0.25, -0.2) is 9.37 Å². The predicted molar refractivity (Wildman–Crippen MR) is 286 cm³/mol. The molecule has 2 aromatic heterocycles. The van der Waals surface area contributed by atoms with Gasteiger partial charge < -0.3 is 45.3 Å². The topological polar surface area (TPSA) is 193 Å². The minimum Gasteiger partial charge on any atom is -0.495 e. The van der Waals surface area contributed by atoms with Gasteiger partial charge in [0.2, 0.25) is 29.5 Å². The summed E-state index contributed by atoms with van der Waals surface area (Å²) in [6, 6.07) is 24.6. The van der Waals surface area contributed by atoms with Gasteiger partial charge in [-0.15, -0.1) is 11.3 Å². The second-order valence-electron chi connectivity index (χ2n) is 20.5. The summed E-state index contributed by atoms with van der Waals surface area (Å²) in [4.78, 5) is 81.3. The number of ether oxygens (including phenoxy) is 3. The van der Waals surface area contributed by atoms with Gasteiger partial charge in [-0.3, -0.25) is 29.0 Å². The third-order valence-corrected chi connectivity index (χ3v) is 15.2. The molecule has 3 fully saturated rings. The lowest BCUT2D eigenvalue weighted by molar-refractivity contribution is -0.144. The van der Waals surface area contributed by atoms with Gasteiger partial charge in [-0.2, -0.15) is 0 Å². The number of nitrogens with one attached hydrogen (secondary N) is 4. The Labute approximate surface area is 439 Å². The zero-order chi connectivity index (χ0) is 52.9. The van der Waals surface area contributed by atoms with Crippen molar-refractivity contribution < 1.29 is 42.6 Å². The summed E-state index contributed by atoms with van der Waals surface area (Å²) in [6.45, 7) is 10.1. The first-order valence-electron chi connectivity index (χ1n) is 25.5. The average molecular weight is 1040 g/mol. The number of pyridine rings is 1. The smallest absolute Gasteiger partial charge is 0.246 e. The number of piperidine rings is 1. The fourth-order valence-electron chi connectivity index (χ4n) is 9.68. The van der Waals surface area contributed by atoms with E-state index in [1.54, 1.807) is 59.9 Å². The number of aryl methyl sites for hydroxylation is 1. The number of fused-ring (bicyclic) bond motifs is 1. The van der Waals surface area contributed by atoms with Gasteiger partial charge in [0.1, 0.15) is 40.6 Å². The Kier molecular flexibility index (Phi) is 15.8. The second-order valence-corrected chi connectivity index (χ2v) is 21.4. The van der Waals surface area contributed by atoms with E-state index in [0.29, 0.717) is 86.0 Å². The van der Waals surface area contributed by atoms with Crippen molar-refractivity contribution in [2.45, 2.75) is 97.4 Å². The Morgan fingerprint density at radius 1 is 0.840 bits per heavy atom. The van der Waals surface area contributed by atoms with Crippen LogP contribution in [0.15, 0.2) is 103 Å². The number of anilines is 3. The zero-order valence-corrected chi connectivity index (χ0v) is 43.7. The third-order valence-electron chi connectivity index (χ3n) is 14.2. The molecule has 4 aromatic carbocycles. The number of thiazole rings is 1. The number of carbonyl (C=O) groups excluding carboxylic acids is 5. The van der Waals surface area contributed by atoms with E-state index >= 15 is 0 Å². The van der Waals surface area contributed by atoms with Gasteiger partial charge in [-0.1, -0.05) is 45.0 Å². The van der Waals surface area contributed by atoms with E-state index in [2.05, 4.69) is 36.1 Å². The van der Waals surface area contributed by atoms with Crippen LogP contribution in [0.4, 0.5) is 21.5 Å². The Morgan fingerprint density at radius 2 is 1.52 bits per heavy atom. The Morgan fingerprint density at radius 3 is 2.15 bits per heavy atom. The van der Waals surface area contributed by atoms with E-state index in [-0.39, 0.29) is 36.9 Å². The number of aromatic nitrogens is 2. The average Bonchev–Trinajstić information content (AvgIpc) is 3.88. The second kappa shape index (κ2) is 22.6. The van der Waals surface area contributed by atoms with Gasteiger partial charge in [-0.05, 0) is 129 Å². The number of methoxy groups -OCH3 is 1. The number of likely N-dealkylation sites (tertiary alicyclic amines) is 1. The molecular weight excluding hydrogens is 976 g/mol. The molecule has 1 saturated carbocycles. The molecule has 0 spiro atoms. The van der Waals surface area contributed by atoms with Gasteiger partial charge >= 0.3 is 0 Å². The lowest BCUT2D eigenvalue weighted by Crippen LogP contribution is -2.57. The molecule has 4 heterocycles. The monoisotopic (exact) mass is 1040 g/mol. The fraction of sp³-hybridized carbons (Fsp3) is 0.386. The quantitative estimate of drug-likeness (QED) is 0.0600. The van der Waals surface area contributed by atoms with Crippen molar-refractivity contribution in [2.24, 2.45) is 10.8 Å². The summed E-state index contributed by atoms with van der Waals surface area (Å²) in [6.07, 6.45) is 5.21. The van der Waals surface area contributed by atoms with Crippen LogP contribution in [0.25, 0.3) is 21.3 Å². The molecule has 0 radical (unpaired) electrons. The maximum atomic E-state index is 14.1.